The number of aromatic nitrogens is 2. The van der Waals surface area contributed by atoms with Crippen LogP contribution in [0.15, 0.2) is 24.5 Å². The number of ether oxygens (including phenoxy) is 1. The molecule has 1 aliphatic rings. The van der Waals surface area contributed by atoms with Gasteiger partial charge in [0.1, 0.15) is 29.7 Å². The first-order valence-electron chi connectivity index (χ1n) is 10.6. The second-order valence-electron chi connectivity index (χ2n) is 7.92. The summed E-state index contributed by atoms with van der Waals surface area (Å²) in [6.45, 7) is 4.65. The molecule has 0 aliphatic heterocycles. The third-order valence-corrected chi connectivity index (χ3v) is 5.37. The van der Waals surface area contributed by atoms with Crippen molar-refractivity contribution in [3.8, 4) is 0 Å². The van der Waals surface area contributed by atoms with Crippen LogP contribution in [0.5, 0.6) is 0 Å². The summed E-state index contributed by atoms with van der Waals surface area (Å²) in [5.41, 5.74) is -1.39. The Morgan fingerprint density at radius 3 is 2.58 bits per heavy atom. The molecule has 1 heterocycles. The Labute approximate surface area is 189 Å². The quantitative estimate of drug-likeness (QED) is 0.368. The SMILES string of the molecule is CCO/C=C/c1nc(C)nc(NC(C)c2cccc(C(F)F)c2F)c1C(=O)NC1(CF)CC1. The Morgan fingerprint density at radius 2 is 1.97 bits per heavy atom. The molecule has 178 valence electrons. The lowest BCUT2D eigenvalue weighted by Crippen LogP contribution is -2.39. The summed E-state index contributed by atoms with van der Waals surface area (Å²) >= 11 is 0. The van der Waals surface area contributed by atoms with E-state index in [1.807, 2.05) is 0 Å². The van der Waals surface area contributed by atoms with Crippen LogP contribution >= 0.6 is 0 Å². The van der Waals surface area contributed by atoms with Crippen LogP contribution in [0.1, 0.15) is 72.2 Å². The highest BCUT2D eigenvalue weighted by Gasteiger charge is 2.45. The van der Waals surface area contributed by atoms with Crippen molar-refractivity contribution in [3.63, 3.8) is 0 Å². The molecular weight excluding hydrogens is 440 g/mol. The van der Waals surface area contributed by atoms with E-state index in [2.05, 4.69) is 20.6 Å². The summed E-state index contributed by atoms with van der Waals surface area (Å²) in [7, 11) is 0. The minimum Gasteiger partial charge on any atom is -0.501 e. The van der Waals surface area contributed by atoms with Crippen LogP contribution in [0, 0.1) is 12.7 Å². The van der Waals surface area contributed by atoms with Crippen molar-refractivity contribution < 1.29 is 27.1 Å². The van der Waals surface area contributed by atoms with E-state index in [-0.39, 0.29) is 22.6 Å². The van der Waals surface area contributed by atoms with Gasteiger partial charge in [0.25, 0.3) is 12.3 Å². The largest absolute Gasteiger partial charge is 0.501 e. The number of alkyl halides is 3. The summed E-state index contributed by atoms with van der Waals surface area (Å²) in [5, 5.41) is 5.64. The maximum atomic E-state index is 14.7. The average molecular weight is 466 g/mol. The molecule has 33 heavy (non-hydrogen) atoms. The molecule has 1 fully saturated rings. The Balaban J connectivity index is 2.01. The van der Waals surface area contributed by atoms with Gasteiger partial charge in [-0.05, 0) is 39.7 Å². The van der Waals surface area contributed by atoms with Crippen LogP contribution in [0.2, 0.25) is 0 Å². The molecule has 1 aromatic carbocycles. The maximum Gasteiger partial charge on any atom is 0.266 e. The predicted molar refractivity (Wildman–Crippen MR) is 116 cm³/mol. The second-order valence-corrected chi connectivity index (χ2v) is 7.92. The predicted octanol–water partition coefficient (Wildman–Crippen LogP) is 5.27. The van der Waals surface area contributed by atoms with Crippen LogP contribution in [0.3, 0.4) is 0 Å². The number of amides is 1. The molecule has 1 aromatic heterocycles. The Morgan fingerprint density at radius 1 is 1.27 bits per heavy atom. The molecule has 3 rings (SSSR count). The van der Waals surface area contributed by atoms with Crippen molar-refractivity contribution in [2.75, 3.05) is 18.6 Å². The number of nitrogens with one attached hydrogen (secondary N) is 2. The molecule has 1 aliphatic carbocycles. The zero-order chi connectivity index (χ0) is 24.2. The average Bonchev–Trinajstić information content (AvgIpc) is 3.53. The zero-order valence-electron chi connectivity index (χ0n) is 18.6. The number of aryl methyl sites for hydroxylation is 1. The molecule has 10 heteroatoms. The Hall–Kier alpha value is -3.17. The molecule has 1 atom stereocenters. The first-order valence-corrected chi connectivity index (χ1v) is 10.6. The summed E-state index contributed by atoms with van der Waals surface area (Å²) < 4.78 is 59.6. The first-order chi connectivity index (χ1) is 15.7. The molecule has 1 amide bonds. The van der Waals surface area contributed by atoms with Gasteiger partial charge >= 0.3 is 0 Å². The van der Waals surface area contributed by atoms with Crippen LogP contribution in [-0.2, 0) is 4.74 Å². The monoisotopic (exact) mass is 466 g/mol. The fraction of sp³-hybridized carbons (Fsp3) is 0.435. The van der Waals surface area contributed by atoms with Crippen LogP contribution in [0.4, 0.5) is 23.4 Å². The Bertz CT molecular complexity index is 1040. The Kier molecular flexibility index (Phi) is 7.55. The number of halogens is 4. The van der Waals surface area contributed by atoms with E-state index >= 15 is 0 Å². The summed E-state index contributed by atoms with van der Waals surface area (Å²) in [6.07, 6.45) is 0.911. The molecule has 2 N–H and O–H groups in total. The minimum absolute atomic E-state index is 0.00995. The molecule has 1 unspecified atom stereocenters. The van der Waals surface area contributed by atoms with Gasteiger partial charge in [0.2, 0.25) is 0 Å². The van der Waals surface area contributed by atoms with Crippen molar-refractivity contribution in [1.82, 2.24) is 15.3 Å². The minimum atomic E-state index is -2.97. The number of anilines is 1. The third kappa shape index (κ3) is 5.61. The topological polar surface area (TPSA) is 76.1 Å². The molecule has 1 saturated carbocycles. The highest BCUT2D eigenvalue weighted by Crippen LogP contribution is 2.37. The lowest BCUT2D eigenvalue weighted by Gasteiger charge is -2.21. The lowest BCUT2D eigenvalue weighted by molar-refractivity contribution is 0.0923. The molecule has 0 spiro atoms. The number of rotatable bonds is 10. The normalized spacial score (nSPS) is 15.5. The maximum absolute atomic E-state index is 14.7. The van der Waals surface area contributed by atoms with Gasteiger partial charge in [-0.25, -0.2) is 27.5 Å². The van der Waals surface area contributed by atoms with Crippen molar-refractivity contribution in [2.45, 2.75) is 51.6 Å². The van der Waals surface area contributed by atoms with Crippen LogP contribution < -0.4 is 10.6 Å². The number of carbonyl (C=O) groups excluding carboxylic acids is 1. The van der Waals surface area contributed by atoms with E-state index in [0.29, 0.717) is 25.3 Å². The van der Waals surface area contributed by atoms with E-state index in [9.17, 15) is 22.4 Å². The van der Waals surface area contributed by atoms with Gasteiger partial charge in [-0.1, -0.05) is 18.2 Å². The van der Waals surface area contributed by atoms with Gasteiger partial charge in [0.15, 0.2) is 0 Å². The van der Waals surface area contributed by atoms with Gasteiger partial charge in [0.05, 0.1) is 35.7 Å². The van der Waals surface area contributed by atoms with E-state index in [1.165, 1.54) is 24.5 Å². The molecule has 0 radical (unpaired) electrons. The highest BCUT2D eigenvalue weighted by molar-refractivity contribution is 6.02. The van der Waals surface area contributed by atoms with Crippen LogP contribution in [-0.4, -0.2) is 34.7 Å². The van der Waals surface area contributed by atoms with Gasteiger partial charge < -0.3 is 15.4 Å². The zero-order valence-corrected chi connectivity index (χ0v) is 18.6. The van der Waals surface area contributed by atoms with Crippen molar-refractivity contribution >= 4 is 17.8 Å². The third-order valence-electron chi connectivity index (χ3n) is 5.37. The number of carbonyl (C=O) groups is 1. The number of benzene rings is 1. The fourth-order valence-corrected chi connectivity index (χ4v) is 3.35. The smallest absolute Gasteiger partial charge is 0.266 e. The van der Waals surface area contributed by atoms with Gasteiger partial charge in [-0.3, -0.25) is 4.79 Å². The van der Waals surface area contributed by atoms with E-state index in [4.69, 9.17) is 4.74 Å². The summed E-state index contributed by atoms with van der Waals surface area (Å²) in [5.74, 6) is -1.25. The van der Waals surface area contributed by atoms with Crippen molar-refractivity contribution in [1.29, 1.82) is 0 Å². The number of hydrogen-bond acceptors (Lipinski definition) is 5. The van der Waals surface area contributed by atoms with Gasteiger partial charge in [-0.15, -0.1) is 0 Å². The molecule has 6 nitrogen and oxygen atoms in total. The van der Waals surface area contributed by atoms with Gasteiger partial charge in [-0.2, -0.15) is 0 Å². The number of nitrogens with zero attached hydrogens (tertiary/aromatic N) is 2. The van der Waals surface area contributed by atoms with Crippen molar-refractivity contribution in [2.24, 2.45) is 0 Å². The molecule has 0 saturated heterocycles. The summed E-state index contributed by atoms with van der Waals surface area (Å²) in [4.78, 5) is 21.7. The molecular formula is C23H26F4N4O2. The van der Waals surface area contributed by atoms with E-state index in [0.717, 1.165) is 6.07 Å². The number of hydrogen-bond donors (Lipinski definition) is 2. The molecule has 0 bridgehead atoms. The lowest BCUT2D eigenvalue weighted by atomic mass is 10.0. The highest BCUT2D eigenvalue weighted by atomic mass is 19.3. The van der Waals surface area contributed by atoms with E-state index in [1.54, 1.807) is 20.8 Å². The first kappa shape index (κ1) is 24.5. The van der Waals surface area contributed by atoms with E-state index < -0.39 is 42.0 Å². The summed E-state index contributed by atoms with van der Waals surface area (Å²) in [6, 6.07) is 2.92. The van der Waals surface area contributed by atoms with Crippen LogP contribution in [0.25, 0.3) is 6.08 Å². The second kappa shape index (κ2) is 10.2. The standard InChI is InChI=1S/C23H26F4N4O2/c1-4-33-11-8-17-18(22(32)31-23(12-24)9-10-23)21(30-14(3)29-17)28-13(2)15-6-5-7-16(19(15)25)20(26)27/h5-8,11,13,20H,4,9-10,12H2,1-3H3,(H,31,32)(H,28,29,30)/b11-8+. The fourth-order valence-electron chi connectivity index (χ4n) is 3.35. The van der Waals surface area contributed by atoms with Crippen molar-refractivity contribution in [3.05, 3.63) is 58.5 Å². The molecule has 2 aromatic rings. The van der Waals surface area contributed by atoms with Gasteiger partial charge in [0, 0.05) is 5.56 Å².